The highest BCUT2D eigenvalue weighted by Crippen LogP contribution is 2.24. The molecule has 17 heteroatoms. The van der Waals surface area contributed by atoms with Crippen LogP contribution in [0.3, 0.4) is 0 Å². The minimum Gasteiger partial charge on any atom is -0.546 e. The summed E-state index contributed by atoms with van der Waals surface area (Å²) in [7, 11) is -15.6. The lowest BCUT2D eigenvalue weighted by Gasteiger charge is -2.11. The Morgan fingerprint density at radius 1 is 0.595 bits per heavy atom. The Morgan fingerprint density at radius 3 is 1.31 bits per heavy atom. The van der Waals surface area contributed by atoms with Crippen molar-refractivity contribution in [2.45, 2.75) is 9.79 Å². The number of ketones is 1. The topological polar surface area (TPSA) is 163 Å². The Kier molecular flexibility index (Phi) is 9.35. The molecule has 4 aromatic carbocycles. The smallest absolute Gasteiger partial charge is 0.266 e. The van der Waals surface area contributed by atoms with Crippen LogP contribution < -0.4 is 8.37 Å². The molecule has 0 saturated heterocycles. The molecular formula is C25H16F2N2O9S4-2. The average Bonchev–Trinajstić information content (AvgIpc) is 2.93. The van der Waals surface area contributed by atoms with E-state index in [1.54, 1.807) is 12.1 Å². The van der Waals surface area contributed by atoms with Gasteiger partial charge in [-0.3, -0.25) is 4.79 Å². The molecule has 0 fully saturated rings. The second-order valence-electron chi connectivity index (χ2n) is 7.95. The summed E-state index contributed by atoms with van der Waals surface area (Å²) in [6, 6.07) is 19.0. The van der Waals surface area contributed by atoms with E-state index >= 15 is 0 Å². The standard InChI is InChI=1S/C25H16F2N2O9S4/c26-21-13-11-17(15-23(21)41(33,34)28-39(31)37-19-7-3-1-4-8-19)25(30)18-12-14-22(27)24(16-18)42(35,36)29-40(32)38-20-9-5-2-6-10-20/h1-16H/q-2. The predicted molar refractivity (Wildman–Crippen MR) is 146 cm³/mol. The number of hydrogen-bond donors (Lipinski definition) is 0. The SMILES string of the molecule is O=C(c1ccc(F)c(S(=O)(=O)/N=[S-](=O)\Oc2ccccc2)c1)c1ccc(F)c(S(=O)(=O)/N=[S-](=O)\Oc2ccccc2)c1. The van der Waals surface area contributed by atoms with Gasteiger partial charge < -0.3 is 16.8 Å². The van der Waals surface area contributed by atoms with Crippen LogP contribution in [-0.2, 0) is 50.2 Å². The first kappa shape index (κ1) is 30.8. The van der Waals surface area contributed by atoms with Crippen LogP contribution in [0.2, 0.25) is 0 Å². The fourth-order valence-corrected chi connectivity index (χ4v) is 7.14. The Morgan fingerprint density at radius 2 is 0.952 bits per heavy atom. The molecule has 4 rings (SSSR count). The molecule has 220 valence electrons. The molecule has 0 aliphatic rings. The largest absolute Gasteiger partial charge is 0.546 e. The molecule has 0 radical (unpaired) electrons. The minimum atomic E-state index is -4.97. The summed E-state index contributed by atoms with van der Waals surface area (Å²) in [5.41, 5.74) is -0.939. The number of carbonyl (C=O) groups is 1. The van der Waals surface area contributed by atoms with Crippen LogP contribution in [0.5, 0.6) is 11.5 Å². The predicted octanol–water partition coefficient (Wildman–Crippen LogP) is 4.86. The fraction of sp³-hybridized carbons (Fsp3) is 0. The van der Waals surface area contributed by atoms with Crippen molar-refractivity contribution in [3.05, 3.63) is 120 Å². The van der Waals surface area contributed by atoms with Gasteiger partial charge in [-0.25, -0.2) is 33.2 Å². The summed E-state index contributed by atoms with van der Waals surface area (Å²) in [5, 5.41) is 0. The summed E-state index contributed by atoms with van der Waals surface area (Å²) in [5.74, 6) is -3.69. The Hall–Kier alpha value is -4.19. The number of benzene rings is 4. The van der Waals surface area contributed by atoms with Gasteiger partial charge in [-0.2, -0.15) is 0 Å². The van der Waals surface area contributed by atoms with Gasteiger partial charge >= 0.3 is 0 Å². The van der Waals surface area contributed by atoms with Crippen molar-refractivity contribution in [1.29, 1.82) is 0 Å². The van der Waals surface area contributed by atoms with Crippen LogP contribution in [0.15, 0.2) is 114 Å². The molecule has 0 N–H and O–H groups in total. The van der Waals surface area contributed by atoms with E-state index in [1.165, 1.54) is 48.5 Å². The van der Waals surface area contributed by atoms with E-state index in [1.807, 2.05) is 0 Å². The zero-order chi connectivity index (χ0) is 30.5. The summed E-state index contributed by atoms with van der Waals surface area (Å²) >= 11 is 0. The zero-order valence-electron chi connectivity index (χ0n) is 20.7. The lowest BCUT2D eigenvalue weighted by atomic mass is 10.0. The molecule has 0 aliphatic carbocycles. The van der Waals surface area contributed by atoms with Crippen LogP contribution in [0.25, 0.3) is 0 Å². The van der Waals surface area contributed by atoms with Gasteiger partial charge in [0.25, 0.3) is 20.0 Å². The third-order valence-electron chi connectivity index (χ3n) is 5.08. The molecule has 0 saturated carbocycles. The number of nitrogens with zero attached hydrogens (tertiary/aromatic N) is 2. The van der Waals surface area contributed by atoms with Crippen molar-refractivity contribution in [3.63, 3.8) is 0 Å². The van der Waals surface area contributed by atoms with Crippen molar-refractivity contribution < 1.29 is 47.2 Å². The molecule has 0 aliphatic heterocycles. The van der Waals surface area contributed by atoms with Crippen LogP contribution in [0.1, 0.15) is 15.9 Å². The lowest BCUT2D eigenvalue weighted by molar-refractivity contribution is 0.103. The Bertz CT molecular complexity index is 1900. The van der Waals surface area contributed by atoms with E-state index in [4.69, 9.17) is 8.37 Å². The quantitative estimate of drug-likeness (QED) is 0.172. The van der Waals surface area contributed by atoms with Crippen LogP contribution in [0, 0.1) is 11.6 Å². The summed E-state index contributed by atoms with van der Waals surface area (Å²) in [6.45, 7) is 0. The van der Waals surface area contributed by atoms with Gasteiger partial charge in [0.05, 0.1) is 0 Å². The lowest BCUT2D eigenvalue weighted by Crippen LogP contribution is -2.09. The van der Waals surface area contributed by atoms with E-state index in [2.05, 4.69) is 7.54 Å². The first-order valence-electron chi connectivity index (χ1n) is 11.3. The molecule has 0 amide bonds. The molecule has 4 aromatic rings. The van der Waals surface area contributed by atoms with Gasteiger partial charge in [0.2, 0.25) is 0 Å². The molecule has 0 heterocycles. The summed E-state index contributed by atoms with van der Waals surface area (Å²) in [4.78, 5) is 10.8. The number of sulfonamides is 2. The van der Waals surface area contributed by atoms with Gasteiger partial charge in [-0.05, 0) is 60.7 Å². The van der Waals surface area contributed by atoms with Crippen molar-refractivity contribution in [2.75, 3.05) is 0 Å². The zero-order valence-corrected chi connectivity index (χ0v) is 24.0. The number of hydrogen-bond acceptors (Lipinski definition) is 11. The van der Waals surface area contributed by atoms with Gasteiger partial charge in [0.15, 0.2) is 5.78 Å². The van der Waals surface area contributed by atoms with Crippen LogP contribution in [0.4, 0.5) is 8.78 Å². The van der Waals surface area contributed by atoms with E-state index in [0.29, 0.717) is 24.3 Å². The molecule has 0 spiro atoms. The fourth-order valence-electron chi connectivity index (χ4n) is 3.24. The first-order chi connectivity index (χ1) is 19.9. The Labute approximate surface area is 242 Å². The van der Waals surface area contributed by atoms with Crippen molar-refractivity contribution in [3.8, 4) is 11.5 Å². The van der Waals surface area contributed by atoms with Crippen LogP contribution >= 0.6 is 0 Å². The molecular weight excluding hydrogens is 639 g/mol. The molecule has 0 unspecified atom stereocenters. The van der Waals surface area contributed by atoms with Gasteiger partial charge in [-0.1, -0.05) is 36.4 Å². The summed E-state index contributed by atoms with van der Waals surface area (Å²) < 4.78 is 120. The molecule has 42 heavy (non-hydrogen) atoms. The Balaban J connectivity index is 1.64. The highest BCUT2D eigenvalue weighted by molar-refractivity contribution is 7.95. The second kappa shape index (κ2) is 12.8. The first-order valence-corrected chi connectivity index (χ1v) is 16.2. The number of carbonyl (C=O) groups excluding carboxylic acids is 1. The number of halogens is 2. The highest BCUT2D eigenvalue weighted by atomic mass is 32.3. The second-order valence-corrected chi connectivity index (χ2v) is 13.1. The normalized spacial score (nSPS) is 13.4. The summed E-state index contributed by atoms with van der Waals surface area (Å²) in [6.07, 6.45) is 0. The highest BCUT2D eigenvalue weighted by Gasteiger charge is 2.23. The monoisotopic (exact) mass is 654 g/mol. The molecule has 0 aromatic heterocycles. The van der Waals surface area contributed by atoms with Gasteiger partial charge in [0, 0.05) is 32.9 Å². The number of para-hydroxylation sites is 2. The third-order valence-corrected chi connectivity index (χ3v) is 10.0. The molecule has 0 bridgehead atoms. The van der Waals surface area contributed by atoms with Crippen molar-refractivity contribution >= 4 is 47.6 Å². The third kappa shape index (κ3) is 7.55. The van der Waals surface area contributed by atoms with E-state index < -0.39 is 80.1 Å². The van der Waals surface area contributed by atoms with Crippen molar-refractivity contribution in [2.24, 2.45) is 7.54 Å². The van der Waals surface area contributed by atoms with E-state index in [0.717, 1.165) is 12.1 Å². The van der Waals surface area contributed by atoms with Gasteiger partial charge in [-0.15, -0.1) is 0 Å². The van der Waals surface area contributed by atoms with Gasteiger partial charge in [0.1, 0.15) is 32.9 Å². The maximum absolute atomic E-state index is 14.5. The maximum Gasteiger partial charge on any atom is 0.266 e. The van der Waals surface area contributed by atoms with Crippen LogP contribution in [-0.4, -0.2) is 22.6 Å². The minimum absolute atomic E-state index is 0.0171. The van der Waals surface area contributed by atoms with Crippen molar-refractivity contribution in [1.82, 2.24) is 0 Å². The molecule has 0 atom stereocenters. The molecule has 11 nitrogen and oxygen atoms in total. The number of rotatable bonds is 10. The maximum atomic E-state index is 14.5. The van der Waals surface area contributed by atoms with E-state index in [9.17, 15) is 38.8 Å². The average molecular weight is 655 g/mol. The van der Waals surface area contributed by atoms with E-state index in [-0.39, 0.29) is 11.5 Å².